The van der Waals surface area contributed by atoms with Gasteiger partial charge in [-0.2, -0.15) is 0 Å². The van der Waals surface area contributed by atoms with Crippen molar-refractivity contribution < 1.29 is 4.79 Å². The number of carbonyl (C=O) groups is 1. The van der Waals surface area contributed by atoms with E-state index in [1.165, 1.54) is 25.7 Å². The van der Waals surface area contributed by atoms with Crippen LogP contribution in [0, 0.1) is 19.8 Å². The molecule has 0 spiro atoms. The number of hydrogen-bond acceptors (Lipinski definition) is 2. The van der Waals surface area contributed by atoms with Gasteiger partial charge in [0.2, 0.25) is 5.91 Å². The minimum Gasteiger partial charge on any atom is -0.354 e. The second-order valence-electron chi connectivity index (χ2n) is 5.64. The predicted octanol–water partition coefficient (Wildman–Crippen LogP) is 2.59. The van der Waals surface area contributed by atoms with Crippen molar-refractivity contribution in [2.75, 3.05) is 6.54 Å². The summed E-state index contributed by atoms with van der Waals surface area (Å²) in [5.74, 6) is 2.00. The average Bonchev–Trinajstić information content (AvgIpc) is 3.00. The maximum absolute atomic E-state index is 11.8. The van der Waals surface area contributed by atoms with Gasteiger partial charge in [-0.05, 0) is 26.2 Å². The van der Waals surface area contributed by atoms with Gasteiger partial charge in [-0.3, -0.25) is 4.79 Å². The molecule has 1 aromatic rings. The minimum atomic E-state index is 0.197. The summed E-state index contributed by atoms with van der Waals surface area (Å²) >= 11 is 0. The topological polar surface area (TPSA) is 46.9 Å². The van der Waals surface area contributed by atoms with Gasteiger partial charge in [-0.25, -0.2) is 4.98 Å². The van der Waals surface area contributed by atoms with Crippen molar-refractivity contribution >= 4 is 5.91 Å². The Morgan fingerprint density at radius 3 is 2.79 bits per heavy atom. The number of aromatic nitrogens is 2. The van der Waals surface area contributed by atoms with Gasteiger partial charge < -0.3 is 9.88 Å². The van der Waals surface area contributed by atoms with E-state index in [0.29, 0.717) is 13.0 Å². The van der Waals surface area contributed by atoms with Gasteiger partial charge in [0.1, 0.15) is 5.82 Å². The highest BCUT2D eigenvalue weighted by Crippen LogP contribution is 2.28. The van der Waals surface area contributed by atoms with Crippen LogP contribution in [0.2, 0.25) is 0 Å². The highest BCUT2D eigenvalue weighted by atomic mass is 16.1. The van der Waals surface area contributed by atoms with E-state index in [1.807, 2.05) is 20.0 Å². The standard InChI is InChI=1S/C15H25N3O/c1-12-11-17-13(2)18(12)10-9-16-15(19)8-7-14-5-3-4-6-14/h11,14H,3-10H2,1-2H3,(H,16,19). The van der Waals surface area contributed by atoms with Crippen LogP contribution in [0.25, 0.3) is 0 Å². The predicted molar refractivity (Wildman–Crippen MR) is 75.9 cm³/mol. The van der Waals surface area contributed by atoms with Crippen LogP contribution >= 0.6 is 0 Å². The van der Waals surface area contributed by atoms with Crippen molar-refractivity contribution in [2.45, 2.75) is 58.9 Å². The molecule has 0 unspecified atom stereocenters. The average molecular weight is 263 g/mol. The van der Waals surface area contributed by atoms with E-state index in [4.69, 9.17) is 0 Å². The molecule has 1 fully saturated rings. The lowest BCUT2D eigenvalue weighted by Gasteiger charge is -2.11. The zero-order valence-electron chi connectivity index (χ0n) is 12.1. The Morgan fingerprint density at radius 2 is 2.16 bits per heavy atom. The number of hydrogen-bond donors (Lipinski definition) is 1. The van der Waals surface area contributed by atoms with Gasteiger partial charge in [0.05, 0.1) is 0 Å². The molecular formula is C15H25N3O. The van der Waals surface area contributed by atoms with Crippen molar-refractivity contribution in [2.24, 2.45) is 5.92 Å². The lowest BCUT2D eigenvalue weighted by Crippen LogP contribution is -2.27. The van der Waals surface area contributed by atoms with E-state index < -0.39 is 0 Å². The van der Waals surface area contributed by atoms with Crippen LogP contribution in [0.3, 0.4) is 0 Å². The van der Waals surface area contributed by atoms with E-state index in [-0.39, 0.29) is 5.91 Å². The van der Waals surface area contributed by atoms with Gasteiger partial charge in [0, 0.05) is 31.4 Å². The molecule has 0 saturated heterocycles. The third-order valence-electron chi connectivity index (χ3n) is 4.17. The van der Waals surface area contributed by atoms with E-state index in [1.54, 1.807) is 0 Å². The first-order chi connectivity index (χ1) is 9.16. The number of rotatable bonds is 6. The summed E-state index contributed by atoms with van der Waals surface area (Å²) < 4.78 is 2.14. The Labute approximate surface area is 115 Å². The molecule has 4 nitrogen and oxygen atoms in total. The first kappa shape index (κ1) is 14.1. The van der Waals surface area contributed by atoms with Gasteiger partial charge in [0.25, 0.3) is 0 Å². The summed E-state index contributed by atoms with van der Waals surface area (Å²) in [6, 6.07) is 0. The van der Waals surface area contributed by atoms with Crippen LogP contribution in [-0.2, 0) is 11.3 Å². The summed E-state index contributed by atoms with van der Waals surface area (Å²) in [7, 11) is 0. The van der Waals surface area contributed by atoms with Crippen molar-refractivity contribution in [1.82, 2.24) is 14.9 Å². The van der Waals surface area contributed by atoms with E-state index in [2.05, 4.69) is 14.9 Å². The molecule has 1 aliphatic carbocycles. The molecule has 1 amide bonds. The molecular weight excluding hydrogens is 238 g/mol. The summed E-state index contributed by atoms with van der Waals surface area (Å²) in [5.41, 5.74) is 1.15. The van der Waals surface area contributed by atoms with Crippen LogP contribution in [0.5, 0.6) is 0 Å². The highest BCUT2D eigenvalue weighted by molar-refractivity contribution is 5.75. The van der Waals surface area contributed by atoms with Gasteiger partial charge in [-0.1, -0.05) is 25.7 Å². The molecule has 1 aromatic heterocycles. The second kappa shape index (κ2) is 6.73. The number of nitrogens with zero attached hydrogens (tertiary/aromatic N) is 2. The molecule has 0 bridgehead atoms. The molecule has 0 aromatic carbocycles. The van der Waals surface area contributed by atoms with Crippen molar-refractivity contribution in [3.8, 4) is 0 Å². The van der Waals surface area contributed by atoms with Crippen LogP contribution in [0.15, 0.2) is 6.20 Å². The molecule has 0 radical (unpaired) electrons. The van der Waals surface area contributed by atoms with E-state index in [0.717, 1.165) is 30.4 Å². The SMILES string of the molecule is Cc1cnc(C)n1CCNC(=O)CCC1CCCC1. The number of carbonyl (C=O) groups excluding carboxylic acids is 1. The second-order valence-corrected chi connectivity index (χ2v) is 5.64. The minimum absolute atomic E-state index is 0.197. The fraction of sp³-hybridized carbons (Fsp3) is 0.733. The van der Waals surface area contributed by atoms with Crippen LogP contribution < -0.4 is 5.32 Å². The van der Waals surface area contributed by atoms with Crippen LogP contribution in [0.1, 0.15) is 50.0 Å². The van der Waals surface area contributed by atoms with Crippen molar-refractivity contribution in [3.05, 3.63) is 17.7 Å². The highest BCUT2D eigenvalue weighted by Gasteiger charge is 2.15. The van der Waals surface area contributed by atoms with E-state index in [9.17, 15) is 4.79 Å². The zero-order chi connectivity index (χ0) is 13.7. The van der Waals surface area contributed by atoms with Gasteiger partial charge in [0.15, 0.2) is 0 Å². The number of amides is 1. The van der Waals surface area contributed by atoms with Crippen LogP contribution in [-0.4, -0.2) is 22.0 Å². The lowest BCUT2D eigenvalue weighted by molar-refractivity contribution is -0.121. The third kappa shape index (κ3) is 4.08. The Kier molecular flexibility index (Phi) is 5.00. The fourth-order valence-corrected chi connectivity index (χ4v) is 2.95. The van der Waals surface area contributed by atoms with Gasteiger partial charge in [-0.15, -0.1) is 0 Å². The smallest absolute Gasteiger partial charge is 0.220 e. The Hall–Kier alpha value is -1.32. The lowest BCUT2D eigenvalue weighted by atomic mass is 10.0. The summed E-state index contributed by atoms with van der Waals surface area (Å²) in [5, 5.41) is 3.01. The number of aryl methyl sites for hydroxylation is 2. The largest absolute Gasteiger partial charge is 0.354 e. The Morgan fingerprint density at radius 1 is 1.42 bits per heavy atom. The summed E-state index contributed by atoms with van der Waals surface area (Å²) in [6.07, 6.45) is 8.97. The maximum atomic E-state index is 11.8. The Bertz CT molecular complexity index is 400. The van der Waals surface area contributed by atoms with E-state index >= 15 is 0 Å². The molecule has 1 saturated carbocycles. The third-order valence-corrected chi connectivity index (χ3v) is 4.17. The molecule has 19 heavy (non-hydrogen) atoms. The van der Waals surface area contributed by atoms with Crippen molar-refractivity contribution in [1.29, 1.82) is 0 Å². The van der Waals surface area contributed by atoms with Crippen LogP contribution in [0.4, 0.5) is 0 Å². The fourth-order valence-electron chi connectivity index (χ4n) is 2.95. The molecule has 1 aliphatic rings. The monoisotopic (exact) mass is 263 g/mol. The number of imidazole rings is 1. The maximum Gasteiger partial charge on any atom is 0.220 e. The normalized spacial score (nSPS) is 15.9. The first-order valence-corrected chi connectivity index (χ1v) is 7.42. The first-order valence-electron chi connectivity index (χ1n) is 7.42. The Balaban J connectivity index is 1.63. The molecule has 106 valence electrons. The molecule has 0 atom stereocenters. The molecule has 2 rings (SSSR count). The number of nitrogens with one attached hydrogen (secondary N) is 1. The summed E-state index contributed by atoms with van der Waals surface area (Å²) in [6.45, 7) is 5.55. The van der Waals surface area contributed by atoms with Gasteiger partial charge >= 0.3 is 0 Å². The molecule has 4 heteroatoms. The quantitative estimate of drug-likeness (QED) is 0.857. The molecule has 0 aliphatic heterocycles. The zero-order valence-corrected chi connectivity index (χ0v) is 12.1. The summed E-state index contributed by atoms with van der Waals surface area (Å²) in [4.78, 5) is 16.0. The molecule has 1 N–H and O–H groups in total. The van der Waals surface area contributed by atoms with Crippen molar-refractivity contribution in [3.63, 3.8) is 0 Å². The molecule has 1 heterocycles.